The van der Waals surface area contributed by atoms with Crippen molar-refractivity contribution in [3.05, 3.63) is 23.3 Å². The van der Waals surface area contributed by atoms with E-state index in [-0.39, 0.29) is 51.9 Å². The molecule has 1 aliphatic heterocycles. The zero-order valence-electron chi connectivity index (χ0n) is 12.4. The van der Waals surface area contributed by atoms with Gasteiger partial charge in [0.1, 0.15) is 0 Å². The molecule has 2 N–H and O–H groups in total. The molecule has 1 aromatic rings. The molecular weight excluding hydrogens is 386 g/mol. The maximum atomic E-state index is 13.3. The molecule has 0 aromatic heterocycles. The molecule has 0 saturated carbocycles. The molecule has 8 heteroatoms. The summed E-state index contributed by atoms with van der Waals surface area (Å²) in [7, 11) is 0. The van der Waals surface area contributed by atoms with E-state index in [0.717, 1.165) is 0 Å². The number of hydrogen-bond acceptors (Lipinski definition) is 4. The van der Waals surface area contributed by atoms with Crippen molar-refractivity contribution in [2.45, 2.75) is 31.0 Å². The van der Waals surface area contributed by atoms with Gasteiger partial charge in [-0.2, -0.15) is 0 Å². The Morgan fingerprint density at radius 3 is 2.39 bits per heavy atom. The minimum atomic E-state index is -4.55. The van der Waals surface area contributed by atoms with Crippen LogP contribution in [-0.2, 0) is 37.1 Å². The fourth-order valence-corrected chi connectivity index (χ4v) is 4.37. The number of piperidine rings is 1. The van der Waals surface area contributed by atoms with Gasteiger partial charge >= 0.3 is 153 Å². The van der Waals surface area contributed by atoms with Crippen molar-refractivity contribution >= 4 is 8.06 Å². The van der Waals surface area contributed by atoms with Crippen LogP contribution >= 0.6 is 0 Å². The standard InChI is InChI=1S/C15H16F3N2O2.Y/c16-15(17,18)13-9-12(2-1-11(13)10-19)20-6-3-14(22,4-7-20)5-8-21;/h1-2,21-22H,3-8H2;. The normalized spacial score (nSPS) is 17.8. The van der Waals surface area contributed by atoms with E-state index in [1.54, 1.807) is 12.1 Å². The Balaban J connectivity index is 2.31. The van der Waals surface area contributed by atoms with Crippen LogP contribution < -0.4 is 7.27 Å². The molecule has 2 rings (SSSR count). The fraction of sp³-hybridized carbons (Fsp3) is 0.533. The number of rotatable bonds is 3. The van der Waals surface area contributed by atoms with Crippen molar-refractivity contribution in [3.63, 3.8) is 0 Å². The van der Waals surface area contributed by atoms with Gasteiger partial charge < -0.3 is 0 Å². The van der Waals surface area contributed by atoms with E-state index >= 15 is 0 Å². The summed E-state index contributed by atoms with van der Waals surface area (Å²) in [5.41, 5.74) is -1.64. The first-order valence-electron chi connectivity index (χ1n) is 7.20. The number of anilines is 1. The molecule has 4 nitrogen and oxygen atoms in total. The maximum absolute atomic E-state index is 13.3. The molecule has 0 amide bonds. The van der Waals surface area contributed by atoms with E-state index < -0.39 is 17.3 Å². The van der Waals surface area contributed by atoms with Crippen molar-refractivity contribution in [2.24, 2.45) is 0 Å². The summed E-state index contributed by atoms with van der Waals surface area (Å²) < 4.78 is 39.9. The summed E-state index contributed by atoms with van der Waals surface area (Å²) >= 11 is 0.246. The summed E-state index contributed by atoms with van der Waals surface area (Å²) in [6, 6.07) is 4.39. The third kappa shape index (κ3) is 4.05. The van der Waals surface area contributed by atoms with Crippen LogP contribution in [0.1, 0.15) is 30.4 Å². The van der Waals surface area contributed by atoms with Crippen LogP contribution in [0.3, 0.4) is 0 Å². The fourth-order valence-electron chi connectivity index (χ4n) is 2.90. The average Bonchev–Trinajstić information content (AvgIpc) is 2.47. The first-order valence-corrected chi connectivity index (χ1v) is 8.62. The van der Waals surface area contributed by atoms with Crippen LogP contribution in [0.25, 0.3) is 0 Å². The van der Waals surface area contributed by atoms with E-state index in [4.69, 9.17) is 10.4 Å². The van der Waals surface area contributed by atoms with Crippen LogP contribution in [0.15, 0.2) is 12.1 Å². The predicted octanol–water partition coefficient (Wildman–Crippen LogP) is 1.46. The van der Waals surface area contributed by atoms with E-state index in [9.17, 15) is 18.3 Å². The Morgan fingerprint density at radius 2 is 1.91 bits per heavy atom. The SMILES string of the molecule is N#Cc1ccc(N2CCC(O)(CCO)CC2)[c]([Y])c1C(F)(F)F. The zero-order chi connectivity index (χ0) is 17.3. The third-order valence-corrected chi connectivity index (χ3v) is 5.68. The number of halogens is 3. The van der Waals surface area contributed by atoms with Crippen molar-refractivity contribution in [1.82, 2.24) is 0 Å². The van der Waals surface area contributed by atoms with Gasteiger partial charge in [0.25, 0.3) is 0 Å². The number of hydrogen-bond donors (Lipinski definition) is 2. The molecule has 1 aliphatic rings. The Bertz CT molecular complexity index is 620. The second-order valence-electron chi connectivity index (χ2n) is 5.72. The molecule has 1 heterocycles. The molecule has 23 heavy (non-hydrogen) atoms. The molecule has 0 radical (unpaired) electrons. The molecule has 1 saturated heterocycles. The van der Waals surface area contributed by atoms with Gasteiger partial charge in [-0.3, -0.25) is 0 Å². The van der Waals surface area contributed by atoms with Crippen molar-refractivity contribution in [2.75, 3.05) is 24.6 Å². The molecule has 0 spiro atoms. The van der Waals surface area contributed by atoms with Crippen molar-refractivity contribution in [3.8, 4) is 6.07 Å². The minimum absolute atomic E-state index is 0.114. The number of benzene rings is 1. The molecule has 0 bridgehead atoms. The van der Waals surface area contributed by atoms with Gasteiger partial charge in [-0.1, -0.05) is 0 Å². The Kier molecular flexibility index (Phi) is 5.73. The Labute approximate surface area is 152 Å². The summed E-state index contributed by atoms with van der Waals surface area (Å²) in [4.78, 5) is 1.82. The number of alkyl halides is 3. The summed E-state index contributed by atoms with van der Waals surface area (Å²) in [6.07, 6.45) is -3.48. The third-order valence-electron chi connectivity index (χ3n) is 4.24. The Morgan fingerprint density at radius 1 is 1.30 bits per heavy atom. The van der Waals surface area contributed by atoms with Crippen LogP contribution in [-0.4, -0.2) is 35.5 Å². The predicted molar refractivity (Wildman–Crippen MR) is 73.9 cm³/mol. The van der Waals surface area contributed by atoms with Crippen LogP contribution in [0.5, 0.6) is 0 Å². The van der Waals surface area contributed by atoms with Crippen molar-refractivity contribution in [1.29, 1.82) is 5.26 Å². The first-order chi connectivity index (χ1) is 10.7. The van der Waals surface area contributed by atoms with Gasteiger partial charge in [0.2, 0.25) is 0 Å². The van der Waals surface area contributed by atoms with Gasteiger partial charge in [0.05, 0.1) is 0 Å². The molecule has 122 valence electrons. The summed E-state index contributed by atoms with van der Waals surface area (Å²) in [5, 5.41) is 28.2. The van der Waals surface area contributed by atoms with E-state index in [1.807, 2.05) is 4.90 Å². The van der Waals surface area contributed by atoms with Crippen LogP contribution in [0.2, 0.25) is 0 Å². The number of aliphatic hydroxyl groups is 2. The Hall–Kier alpha value is -0.676. The van der Waals surface area contributed by atoms with E-state index in [0.29, 0.717) is 31.6 Å². The second kappa shape index (κ2) is 7.06. The number of aliphatic hydroxyl groups excluding tert-OH is 1. The molecule has 0 unspecified atom stereocenters. The van der Waals surface area contributed by atoms with E-state index in [1.165, 1.54) is 6.07 Å². The molecule has 0 atom stereocenters. The van der Waals surface area contributed by atoms with Gasteiger partial charge in [-0.05, 0) is 0 Å². The van der Waals surface area contributed by atoms with Crippen LogP contribution in [0, 0.1) is 11.3 Å². The van der Waals surface area contributed by atoms with E-state index in [2.05, 4.69) is 0 Å². The topological polar surface area (TPSA) is 67.5 Å². The quantitative estimate of drug-likeness (QED) is 0.804. The van der Waals surface area contributed by atoms with Gasteiger partial charge in [0, 0.05) is 0 Å². The summed E-state index contributed by atoms with van der Waals surface area (Å²) in [6.45, 7) is 0.734. The molecular formula is C15H16F3N2O2Y. The van der Waals surface area contributed by atoms with Crippen molar-refractivity contribution < 1.29 is 54.3 Å². The zero-order valence-corrected chi connectivity index (χ0v) is 15.2. The molecule has 0 aliphatic carbocycles. The molecule has 1 fully saturated rings. The second-order valence-corrected chi connectivity index (χ2v) is 7.13. The van der Waals surface area contributed by atoms with Gasteiger partial charge in [0.15, 0.2) is 0 Å². The first kappa shape index (κ1) is 18.7. The van der Waals surface area contributed by atoms with Gasteiger partial charge in [-0.25, -0.2) is 0 Å². The monoisotopic (exact) mass is 402 g/mol. The van der Waals surface area contributed by atoms with Gasteiger partial charge in [-0.15, -0.1) is 0 Å². The molecule has 1 aromatic carbocycles. The van der Waals surface area contributed by atoms with Crippen LogP contribution in [0.4, 0.5) is 18.9 Å². The number of nitrogens with zero attached hydrogens (tertiary/aromatic N) is 2. The number of nitriles is 1. The average molecular weight is 402 g/mol. The summed E-state index contributed by atoms with van der Waals surface area (Å²) in [5.74, 6) is 0.